The predicted octanol–water partition coefficient (Wildman–Crippen LogP) is 2.88. The first-order valence-electron chi connectivity index (χ1n) is 6.74. The van der Waals surface area contributed by atoms with Gasteiger partial charge in [0, 0.05) is 20.6 Å². The van der Waals surface area contributed by atoms with E-state index in [0.29, 0.717) is 0 Å². The molecule has 0 unspecified atom stereocenters. The Morgan fingerprint density at radius 3 is 2.55 bits per heavy atom. The van der Waals surface area contributed by atoms with Crippen LogP contribution in [0, 0.1) is 17.4 Å². The van der Waals surface area contributed by atoms with E-state index >= 15 is 0 Å². The zero-order valence-corrected chi connectivity index (χ0v) is 14.3. The molecule has 0 atom stereocenters. The second-order valence-corrected chi connectivity index (χ2v) is 6.35. The van der Waals surface area contributed by atoms with E-state index in [-0.39, 0.29) is 5.70 Å². The molecule has 0 bridgehead atoms. The minimum atomic E-state index is -0.484. The number of carbonyl (C=O) groups is 2. The highest BCUT2D eigenvalue weighted by Gasteiger charge is 2.23. The number of urea groups is 1. The third-order valence-electron chi connectivity index (χ3n) is 3.56. The van der Waals surface area contributed by atoms with Gasteiger partial charge < -0.3 is 9.88 Å². The summed E-state index contributed by atoms with van der Waals surface area (Å²) < 4.78 is 3.29. The van der Waals surface area contributed by atoms with E-state index in [9.17, 15) is 9.59 Å². The molecule has 1 aromatic carbocycles. The fourth-order valence-corrected chi connectivity index (χ4v) is 3.11. The number of aryl methyl sites for hydroxylation is 1. The lowest BCUT2D eigenvalue weighted by molar-refractivity contribution is -0.115. The van der Waals surface area contributed by atoms with Crippen LogP contribution in [0.25, 0.3) is 11.8 Å². The lowest BCUT2D eigenvalue weighted by Crippen LogP contribution is -2.22. The SMILES string of the molecule is Cc1cc(C=C2NC(=O)NC2=O)c(C)n1-c1cccc(I)c1. The summed E-state index contributed by atoms with van der Waals surface area (Å²) in [5.74, 6) is -0.399. The molecule has 0 spiro atoms. The minimum absolute atomic E-state index is 0.271. The highest BCUT2D eigenvalue weighted by atomic mass is 127. The highest BCUT2D eigenvalue weighted by molar-refractivity contribution is 14.1. The van der Waals surface area contributed by atoms with Crippen molar-refractivity contribution in [3.63, 3.8) is 0 Å². The average molecular weight is 407 g/mol. The maximum atomic E-state index is 11.6. The Hall–Kier alpha value is -2.09. The Morgan fingerprint density at radius 2 is 1.91 bits per heavy atom. The van der Waals surface area contributed by atoms with Crippen molar-refractivity contribution in [1.29, 1.82) is 0 Å². The number of carbonyl (C=O) groups excluding carboxylic acids is 2. The van der Waals surface area contributed by atoms with E-state index in [0.717, 1.165) is 26.2 Å². The molecule has 2 aromatic rings. The van der Waals surface area contributed by atoms with Crippen molar-refractivity contribution in [2.24, 2.45) is 0 Å². The molecule has 1 aromatic heterocycles. The van der Waals surface area contributed by atoms with E-state index in [1.165, 1.54) is 0 Å². The van der Waals surface area contributed by atoms with Crippen molar-refractivity contribution < 1.29 is 9.59 Å². The van der Waals surface area contributed by atoms with Gasteiger partial charge in [0.15, 0.2) is 0 Å². The molecule has 0 saturated carbocycles. The number of imide groups is 1. The Morgan fingerprint density at radius 1 is 1.14 bits per heavy atom. The monoisotopic (exact) mass is 407 g/mol. The van der Waals surface area contributed by atoms with Gasteiger partial charge in [0.05, 0.1) is 0 Å². The maximum Gasteiger partial charge on any atom is 0.326 e. The number of nitrogens with one attached hydrogen (secondary N) is 2. The first kappa shape index (κ1) is 14.8. The van der Waals surface area contributed by atoms with Gasteiger partial charge in [0.25, 0.3) is 5.91 Å². The first-order chi connectivity index (χ1) is 10.5. The molecule has 6 heteroatoms. The fourth-order valence-electron chi connectivity index (χ4n) is 2.58. The molecular weight excluding hydrogens is 393 g/mol. The molecule has 3 amide bonds. The van der Waals surface area contributed by atoms with Gasteiger partial charge in [-0.05, 0) is 72.3 Å². The lowest BCUT2D eigenvalue weighted by Gasteiger charge is -2.10. The van der Waals surface area contributed by atoms with Crippen LogP contribution in [0.3, 0.4) is 0 Å². The summed E-state index contributed by atoms with van der Waals surface area (Å²) in [5.41, 5.74) is 4.33. The van der Waals surface area contributed by atoms with Crippen LogP contribution < -0.4 is 10.6 Å². The highest BCUT2D eigenvalue weighted by Crippen LogP contribution is 2.23. The molecule has 1 saturated heterocycles. The van der Waals surface area contributed by atoms with Gasteiger partial charge in [-0.3, -0.25) is 10.1 Å². The van der Waals surface area contributed by atoms with Gasteiger partial charge in [-0.1, -0.05) is 6.07 Å². The molecule has 1 aliphatic rings. The van der Waals surface area contributed by atoms with Crippen molar-refractivity contribution in [1.82, 2.24) is 15.2 Å². The van der Waals surface area contributed by atoms with Crippen LogP contribution in [0.2, 0.25) is 0 Å². The van der Waals surface area contributed by atoms with Crippen LogP contribution >= 0.6 is 22.6 Å². The minimum Gasteiger partial charge on any atom is -0.318 e. The molecular formula is C16H14IN3O2. The number of hydrogen-bond donors (Lipinski definition) is 2. The molecule has 1 aliphatic heterocycles. The van der Waals surface area contributed by atoms with E-state index in [2.05, 4.69) is 43.9 Å². The summed E-state index contributed by atoms with van der Waals surface area (Å²) in [7, 11) is 0. The zero-order valence-electron chi connectivity index (χ0n) is 12.1. The molecule has 112 valence electrons. The number of hydrogen-bond acceptors (Lipinski definition) is 2. The molecule has 1 fully saturated rings. The molecule has 0 radical (unpaired) electrons. The smallest absolute Gasteiger partial charge is 0.318 e. The molecule has 3 rings (SSSR count). The summed E-state index contributed by atoms with van der Waals surface area (Å²) in [6.45, 7) is 4.01. The fraction of sp³-hybridized carbons (Fsp3) is 0.125. The number of rotatable bonds is 2. The van der Waals surface area contributed by atoms with E-state index in [1.807, 2.05) is 38.1 Å². The summed E-state index contributed by atoms with van der Waals surface area (Å²) >= 11 is 2.28. The van der Waals surface area contributed by atoms with Crippen LogP contribution in [0.4, 0.5) is 4.79 Å². The Labute approximate surface area is 141 Å². The van der Waals surface area contributed by atoms with E-state index < -0.39 is 11.9 Å². The number of amides is 3. The van der Waals surface area contributed by atoms with Gasteiger partial charge in [-0.25, -0.2) is 4.79 Å². The maximum absolute atomic E-state index is 11.6. The van der Waals surface area contributed by atoms with Crippen LogP contribution in [-0.4, -0.2) is 16.5 Å². The van der Waals surface area contributed by atoms with Crippen LogP contribution in [0.1, 0.15) is 17.0 Å². The third-order valence-corrected chi connectivity index (χ3v) is 4.23. The van der Waals surface area contributed by atoms with Gasteiger partial charge in [-0.2, -0.15) is 0 Å². The van der Waals surface area contributed by atoms with Crippen molar-refractivity contribution in [3.8, 4) is 5.69 Å². The zero-order chi connectivity index (χ0) is 15.9. The van der Waals surface area contributed by atoms with Crippen molar-refractivity contribution >= 4 is 40.6 Å². The summed E-state index contributed by atoms with van der Waals surface area (Å²) in [4.78, 5) is 22.8. The number of aromatic nitrogens is 1. The van der Waals surface area contributed by atoms with Crippen LogP contribution in [0.5, 0.6) is 0 Å². The van der Waals surface area contributed by atoms with Crippen LogP contribution in [-0.2, 0) is 4.79 Å². The van der Waals surface area contributed by atoms with Gasteiger partial charge >= 0.3 is 6.03 Å². The van der Waals surface area contributed by atoms with Crippen LogP contribution in [0.15, 0.2) is 36.0 Å². The Balaban J connectivity index is 2.06. The second-order valence-electron chi connectivity index (χ2n) is 5.11. The van der Waals surface area contributed by atoms with E-state index in [4.69, 9.17) is 0 Å². The Kier molecular flexibility index (Phi) is 3.78. The summed E-state index contributed by atoms with van der Waals surface area (Å²) in [6.07, 6.45) is 1.70. The van der Waals surface area contributed by atoms with Gasteiger partial charge in [-0.15, -0.1) is 0 Å². The largest absolute Gasteiger partial charge is 0.326 e. The number of halogens is 1. The second kappa shape index (κ2) is 5.60. The normalized spacial score (nSPS) is 16.0. The summed E-state index contributed by atoms with van der Waals surface area (Å²) in [6, 6.07) is 9.71. The van der Waals surface area contributed by atoms with Crippen molar-refractivity contribution in [2.75, 3.05) is 0 Å². The van der Waals surface area contributed by atoms with Crippen molar-refractivity contribution in [2.45, 2.75) is 13.8 Å². The summed E-state index contributed by atoms with van der Waals surface area (Å²) in [5, 5.41) is 4.71. The molecule has 0 aliphatic carbocycles. The molecule has 5 nitrogen and oxygen atoms in total. The predicted molar refractivity (Wildman–Crippen MR) is 92.6 cm³/mol. The average Bonchev–Trinajstić information content (AvgIpc) is 2.90. The standard InChI is InChI=1S/C16H14IN3O2/c1-9-6-11(7-14-15(21)19-16(22)18-14)10(2)20(9)13-5-3-4-12(17)8-13/h3-8H,1-2H3,(H2,18,19,21,22). The molecule has 2 N–H and O–H groups in total. The van der Waals surface area contributed by atoms with Gasteiger partial charge in [0.1, 0.15) is 5.70 Å². The first-order valence-corrected chi connectivity index (χ1v) is 7.82. The number of nitrogens with zero attached hydrogens (tertiary/aromatic N) is 1. The molecule has 22 heavy (non-hydrogen) atoms. The lowest BCUT2D eigenvalue weighted by atomic mass is 10.2. The Bertz CT molecular complexity index is 821. The van der Waals surface area contributed by atoms with Crippen molar-refractivity contribution in [3.05, 3.63) is 56.6 Å². The molecule has 2 heterocycles. The van der Waals surface area contributed by atoms with Gasteiger partial charge in [0.2, 0.25) is 0 Å². The van der Waals surface area contributed by atoms with E-state index in [1.54, 1.807) is 6.08 Å². The third kappa shape index (κ3) is 2.66. The number of benzene rings is 1. The topological polar surface area (TPSA) is 63.1 Å². The quantitative estimate of drug-likeness (QED) is 0.457.